The largest absolute Gasteiger partial charge is 0.496 e. The number of methoxy groups -OCH3 is 1. The van der Waals surface area contributed by atoms with Crippen molar-refractivity contribution in [3.63, 3.8) is 0 Å². The summed E-state index contributed by atoms with van der Waals surface area (Å²) in [5, 5.41) is 2.46. The molecule has 1 aliphatic heterocycles. The summed E-state index contributed by atoms with van der Waals surface area (Å²) in [6.45, 7) is 0. The molecule has 0 unspecified atom stereocenters. The average Bonchev–Trinajstić information content (AvgIpc) is 2.27. The highest BCUT2D eigenvalue weighted by atomic mass is 16.5. The number of para-hydroxylation sites is 1. The van der Waals surface area contributed by atoms with Gasteiger partial charge in [0.15, 0.2) is 5.96 Å². The summed E-state index contributed by atoms with van der Waals surface area (Å²) in [5.74, 6) is 0.759. The van der Waals surface area contributed by atoms with Crippen LogP contribution in [-0.2, 0) is 4.79 Å². The number of amides is 1. The van der Waals surface area contributed by atoms with E-state index in [1.165, 1.54) is 0 Å². The molecule has 3 N–H and O–H groups in total. The number of aliphatic imine (C=N–C) groups is 1. The van der Waals surface area contributed by atoms with Gasteiger partial charge in [0.25, 0.3) is 0 Å². The smallest absolute Gasteiger partial charge is 0.229 e. The fourth-order valence-corrected chi connectivity index (χ4v) is 1.74. The van der Waals surface area contributed by atoms with Crippen LogP contribution in [-0.4, -0.2) is 19.0 Å². The van der Waals surface area contributed by atoms with Gasteiger partial charge in [-0.25, -0.2) is 4.99 Å². The van der Waals surface area contributed by atoms with Crippen molar-refractivity contribution in [2.24, 2.45) is 10.7 Å². The van der Waals surface area contributed by atoms with Gasteiger partial charge in [0.1, 0.15) is 5.75 Å². The summed E-state index contributed by atoms with van der Waals surface area (Å²) in [4.78, 5) is 15.5. The molecule has 0 aromatic heterocycles. The number of rotatable bonds is 2. The van der Waals surface area contributed by atoms with E-state index < -0.39 is 0 Å². The van der Waals surface area contributed by atoms with Gasteiger partial charge in [-0.05, 0) is 6.07 Å². The van der Waals surface area contributed by atoms with E-state index in [-0.39, 0.29) is 17.9 Å². The number of hydrogen-bond donors (Lipinski definition) is 2. The molecule has 0 spiro atoms. The van der Waals surface area contributed by atoms with Crippen molar-refractivity contribution >= 4 is 11.9 Å². The van der Waals surface area contributed by atoms with Crippen LogP contribution in [0.1, 0.15) is 18.0 Å². The Bertz CT molecular complexity index is 443. The van der Waals surface area contributed by atoms with E-state index in [1.54, 1.807) is 7.11 Å². The van der Waals surface area contributed by atoms with Crippen LogP contribution < -0.4 is 15.8 Å². The van der Waals surface area contributed by atoms with Crippen LogP contribution in [0.25, 0.3) is 0 Å². The van der Waals surface area contributed by atoms with Gasteiger partial charge >= 0.3 is 0 Å². The molecular formula is C11H13N3O2. The number of ether oxygens (including phenoxy) is 1. The quantitative estimate of drug-likeness (QED) is 0.763. The van der Waals surface area contributed by atoms with Crippen molar-refractivity contribution in [2.45, 2.75) is 12.5 Å². The maximum absolute atomic E-state index is 11.3. The third kappa shape index (κ3) is 1.98. The highest BCUT2D eigenvalue weighted by Crippen LogP contribution is 2.30. The second-order valence-electron chi connectivity index (χ2n) is 3.52. The van der Waals surface area contributed by atoms with Crippen molar-refractivity contribution in [3.8, 4) is 5.75 Å². The number of benzene rings is 1. The Morgan fingerprint density at radius 3 is 2.94 bits per heavy atom. The number of guanidine groups is 1. The number of carbonyl (C=O) groups excluding carboxylic acids is 1. The molecular weight excluding hydrogens is 206 g/mol. The number of nitrogens with one attached hydrogen (secondary N) is 1. The third-order valence-corrected chi connectivity index (χ3v) is 2.44. The molecule has 1 heterocycles. The Kier molecular flexibility index (Phi) is 2.76. The van der Waals surface area contributed by atoms with Gasteiger partial charge < -0.3 is 10.5 Å². The van der Waals surface area contributed by atoms with Crippen molar-refractivity contribution in [2.75, 3.05) is 7.11 Å². The Hall–Kier alpha value is -2.04. The molecule has 0 aliphatic carbocycles. The number of carbonyl (C=O) groups is 1. The highest BCUT2D eigenvalue weighted by molar-refractivity contribution is 5.98. The first kappa shape index (κ1) is 10.5. The van der Waals surface area contributed by atoms with E-state index >= 15 is 0 Å². The van der Waals surface area contributed by atoms with Crippen molar-refractivity contribution in [3.05, 3.63) is 29.8 Å². The summed E-state index contributed by atoms with van der Waals surface area (Å²) >= 11 is 0. The number of nitrogens with two attached hydrogens (primary N) is 1. The van der Waals surface area contributed by atoms with Gasteiger partial charge in [0.2, 0.25) is 5.91 Å². The molecule has 5 heteroatoms. The lowest BCUT2D eigenvalue weighted by Gasteiger charge is -2.20. The number of nitrogens with zero attached hydrogens (tertiary/aromatic N) is 1. The molecule has 2 rings (SSSR count). The first-order valence-corrected chi connectivity index (χ1v) is 4.96. The summed E-state index contributed by atoms with van der Waals surface area (Å²) in [7, 11) is 1.59. The molecule has 1 aromatic rings. The van der Waals surface area contributed by atoms with Crippen LogP contribution in [0.3, 0.4) is 0 Å². The maximum Gasteiger partial charge on any atom is 0.229 e. The van der Waals surface area contributed by atoms with Crippen LogP contribution >= 0.6 is 0 Å². The van der Waals surface area contributed by atoms with Gasteiger partial charge in [-0.3, -0.25) is 10.1 Å². The summed E-state index contributed by atoms with van der Waals surface area (Å²) in [5.41, 5.74) is 6.40. The maximum atomic E-state index is 11.3. The monoisotopic (exact) mass is 219 g/mol. The zero-order chi connectivity index (χ0) is 11.5. The standard InChI is InChI=1S/C11H13N3O2/c1-16-9-5-3-2-4-7(9)8-6-10(15)14-11(12)13-8/h2-5,8H,6H2,1H3,(H3,12,13,14,15)/t8-/m1/s1. The molecule has 0 radical (unpaired) electrons. The summed E-state index contributed by atoms with van der Waals surface area (Å²) < 4.78 is 5.23. The van der Waals surface area contributed by atoms with Gasteiger partial charge in [0.05, 0.1) is 19.6 Å². The molecule has 1 atom stereocenters. The SMILES string of the molecule is COc1ccccc1[C@H]1CC(=O)NC(N)=N1. The van der Waals surface area contributed by atoms with Gasteiger partial charge in [-0.15, -0.1) is 0 Å². The molecule has 0 bridgehead atoms. The summed E-state index contributed by atoms with van der Waals surface area (Å²) in [6.07, 6.45) is 0.293. The minimum atomic E-state index is -0.259. The second-order valence-corrected chi connectivity index (χ2v) is 3.52. The van der Waals surface area contributed by atoms with Gasteiger partial charge in [0, 0.05) is 5.56 Å². The third-order valence-electron chi connectivity index (χ3n) is 2.44. The lowest BCUT2D eigenvalue weighted by molar-refractivity contribution is -0.120. The molecule has 84 valence electrons. The zero-order valence-corrected chi connectivity index (χ0v) is 8.93. The predicted molar refractivity (Wildman–Crippen MR) is 60.1 cm³/mol. The molecule has 5 nitrogen and oxygen atoms in total. The molecule has 0 saturated carbocycles. The fourth-order valence-electron chi connectivity index (χ4n) is 1.74. The summed E-state index contributed by atoms with van der Waals surface area (Å²) in [6, 6.07) is 7.23. The minimum absolute atomic E-state index is 0.122. The Labute approximate surface area is 93.3 Å². The van der Waals surface area contributed by atoms with Crippen LogP contribution in [0, 0.1) is 0 Å². The van der Waals surface area contributed by atoms with Crippen LogP contribution in [0.5, 0.6) is 5.75 Å². The molecule has 1 aromatic carbocycles. The van der Waals surface area contributed by atoms with Crippen LogP contribution in [0.2, 0.25) is 0 Å². The van der Waals surface area contributed by atoms with Crippen molar-refractivity contribution < 1.29 is 9.53 Å². The van der Waals surface area contributed by atoms with E-state index in [1.807, 2.05) is 24.3 Å². The first-order valence-electron chi connectivity index (χ1n) is 4.96. The predicted octanol–water partition coefficient (Wildman–Crippen LogP) is 0.571. The average molecular weight is 219 g/mol. The zero-order valence-electron chi connectivity index (χ0n) is 8.93. The topological polar surface area (TPSA) is 76.7 Å². The molecule has 1 aliphatic rings. The van der Waals surface area contributed by atoms with Crippen molar-refractivity contribution in [1.29, 1.82) is 0 Å². The molecule has 0 saturated heterocycles. The fraction of sp³-hybridized carbons (Fsp3) is 0.273. The highest BCUT2D eigenvalue weighted by Gasteiger charge is 2.23. The normalized spacial score (nSPS) is 19.9. The number of hydrogen-bond acceptors (Lipinski definition) is 4. The van der Waals surface area contributed by atoms with Gasteiger partial charge in [-0.1, -0.05) is 18.2 Å². The van der Waals surface area contributed by atoms with E-state index in [0.717, 1.165) is 11.3 Å². The Morgan fingerprint density at radius 1 is 1.50 bits per heavy atom. The minimum Gasteiger partial charge on any atom is -0.496 e. The van der Waals surface area contributed by atoms with Crippen LogP contribution in [0.15, 0.2) is 29.3 Å². The van der Waals surface area contributed by atoms with Gasteiger partial charge in [-0.2, -0.15) is 0 Å². The van der Waals surface area contributed by atoms with E-state index in [2.05, 4.69) is 10.3 Å². The molecule has 0 fully saturated rings. The van der Waals surface area contributed by atoms with Crippen molar-refractivity contribution in [1.82, 2.24) is 5.32 Å². The Morgan fingerprint density at radius 2 is 2.25 bits per heavy atom. The molecule has 16 heavy (non-hydrogen) atoms. The van der Waals surface area contributed by atoms with E-state index in [0.29, 0.717) is 6.42 Å². The first-order chi connectivity index (χ1) is 7.70. The lowest BCUT2D eigenvalue weighted by atomic mass is 10.0. The van der Waals surface area contributed by atoms with E-state index in [4.69, 9.17) is 10.5 Å². The van der Waals surface area contributed by atoms with Crippen LogP contribution in [0.4, 0.5) is 0 Å². The lowest BCUT2D eigenvalue weighted by Crippen LogP contribution is -2.41. The van der Waals surface area contributed by atoms with E-state index in [9.17, 15) is 4.79 Å². The Balaban J connectivity index is 2.36. The molecule has 1 amide bonds. The second kappa shape index (κ2) is 4.22.